The van der Waals surface area contributed by atoms with Crippen molar-refractivity contribution in [2.75, 3.05) is 45.8 Å². The number of piperazine rings is 1. The lowest BCUT2D eigenvalue weighted by atomic mass is 10.1. The minimum absolute atomic E-state index is 0.133. The van der Waals surface area contributed by atoms with Gasteiger partial charge in [0.15, 0.2) is 0 Å². The Morgan fingerprint density at radius 3 is 2.19 bits per heavy atom. The summed E-state index contributed by atoms with van der Waals surface area (Å²) in [7, 11) is 0. The molecule has 2 amide bonds. The smallest absolute Gasteiger partial charge is 0.255 e. The van der Waals surface area contributed by atoms with E-state index in [1.807, 2.05) is 4.90 Å². The molecule has 3 rings (SSSR count). The standard InChI is InChI=1S/C19H25ClFN3O2/c20-17-13-15(21)5-6-16(17)19(26)24-11-9-22(10-12-24)14-18(25)23-7-3-1-2-4-8-23/h5-6,13H,1-4,7-12,14H2. The normalized spacial score (nSPS) is 19.3. The fourth-order valence-corrected chi connectivity index (χ4v) is 3.80. The lowest BCUT2D eigenvalue weighted by molar-refractivity contribution is -0.132. The van der Waals surface area contributed by atoms with Crippen LogP contribution in [-0.2, 0) is 4.79 Å². The van der Waals surface area contributed by atoms with Crippen LogP contribution < -0.4 is 0 Å². The van der Waals surface area contributed by atoms with Gasteiger partial charge in [-0.2, -0.15) is 0 Å². The Morgan fingerprint density at radius 2 is 1.58 bits per heavy atom. The monoisotopic (exact) mass is 381 g/mol. The first-order valence-corrected chi connectivity index (χ1v) is 9.67. The SMILES string of the molecule is O=C(CN1CCN(C(=O)c2ccc(F)cc2Cl)CC1)N1CCCCCC1. The van der Waals surface area contributed by atoms with Gasteiger partial charge in [-0.25, -0.2) is 4.39 Å². The van der Waals surface area contributed by atoms with Gasteiger partial charge in [-0.3, -0.25) is 14.5 Å². The Kier molecular flexibility index (Phi) is 6.48. The summed E-state index contributed by atoms with van der Waals surface area (Å²) in [6, 6.07) is 3.83. The fourth-order valence-electron chi connectivity index (χ4n) is 3.55. The first-order valence-electron chi connectivity index (χ1n) is 9.29. The van der Waals surface area contributed by atoms with Crippen LogP contribution in [0.1, 0.15) is 36.0 Å². The number of rotatable bonds is 3. The van der Waals surface area contributed by atoms with Crippen LogP contribution in [0.2, 0.25) is 5.02 Å². The summed E-state index contributed by atoms with van der Waals surface area (Å²) < 4.78 is 13.2. The van der Waals surface area contributed by atoms with Crippen LogP contribution in [0, 0.1) is 5.82 Å². The molecule has 142 valence electrons. The Hall–Kier alpha value is -1.66. The third-order valence-electron chi connectivity index (χ3n) is 5.14. The number of nitrogens with zero attached hydrogens (tertiary/aromatic N) is 3. The van der Waals surface area contributed by atoms with E-state index in [1.54, 1.807) is 4.90 Å². The Morgan fingerprint density at radius 1 is 0.923 bits per heavy atom. The maximum absolute atomic E-state index is 13.2. The molecule has 2 heterocycles. The molecule has 7 heteroatoms. The van der Waals surface area contributed by atoms with Crippen LogP contribution in [0.4, 0.5) is 4.39 Å². The summed E-state index contributed by atoms with van der Waals surface area (Å²) in [5.41, 5.74) is 0.321. The van der Waals surface area contributed by atoms with Crippen LogP contribution in [-0.4, -0.2) is 72.3 Å². The molecule has 2 saturated heterocycles. The Bertz CT molecular complexity index is 654. The third kappa shape index (κ3) is 4.74. The van der Waals surface area contributed by atoms with Gasteiger partial charge in [-0.1, -0.05) is 24.4 Å². The summed E-state index contributed by atoms with van der Waals surface area (Å²) in [6.45, 7) is 4.54. The first kappa shape index (κ1) is 19.1. The zero-order valence-electron chi connectivity index (χ0n) is 14.9. The lowest BCUT2D eigenvalue weighted by Crippen LogP contribution is -2.51. The molecule has 0 saturated carbocycles. The zero-order valence-corrected chi connectivity index (χ0v) is 15.7. The van der Waals surface area contributed by atoms with Gasteiger partial charge in [0.05, 0.1) is 17.1 Å². The lowest BCUT2D eigenvalue weighted by Gasteiger charge is -2.35. The molecule has 1 aromatic rings. The largest absolute Gasteiger partial charge is 0.342 e. The molecule has 26 heavy (non-hydrogen) atoms. The van der Waals surface area contributed by atoms with E-state index in [2.05, 4.69) is 4.90 Å². The first-order chi connectivity index (χ1) is 12.5. The van der Waals surface area contributed by atoms with E-state index in [0.717, 1.165) is 32.0 Å². The second kappa shape index (κ2) is 8.82. The number of benzene rings is 1. The van der Waals surface area contributed by atoms with Gasteiger partial charge >= 0.3 is 0 Å². The van der Waals surface area contributed by atoms with Gasteiger partial charge in [0.25, 0.3) is 5.91 Å². The quantitative estimate of drug-likeness (QED) is 0.808. The molecule has 0 N–H and O–H groups in total. The molecule has 0 bridgehead atoms. The minimum atomic E-state index is -0.455. The van der Waals surface area contributed by atoms with Crippen molar-refractivity contribution in [2.45, 2.75) is 25.7 Å². The van der Waals surface area contributed by atoms with Gasteiger partial charge in [0, 0.05) is 39.3 Å². The molecule has 0 aliphatic carbocycles. The number of hydrogen-bond acceptors (Lipinski definition) is 3. The summed E-state index contributed by atoms with van der Waals surface area (Å²) in [4.78, 5) is 30.8. The summed E-state index contributed by atoms with van der Waals surface area (Å²) >= 11 is 5.99. The van der Waals surface area contributed by atoms with Gasteiger partial charge in [0.2, 0.25) is 5.91 Å². The summed E-state index contributed by atoms with van der Waals surface area (Å²) in [5.74, 6) is -0.454. The summed E-state index contributed by atoms with van der Waals surface area (Å²) in [6.07, 6.45) is 4.59. The van der Waals surface area contributed by atoms with Crippen LogP contribution in [0.25, 0.3) is 0 Å². The van der Waals surface area contributed by atoms with Gasteiger partial charge in [-0.15, -0.1) is 0 Å². The Balaban J connectivity index is 1.50. The Labute approximate surface area is 158 Å². The van der Waals surface area contributed by atoms with Crippen molar-refractivity contribution < 1.29 is 14.0 Å². The van der Waals surface area contributed by atoms with Crippen molar-refractivity contribution in [2.24, 2.45) is 0 Å². The van der Waals surface area contributed by atoms with Crippen LogP contribution in [0.15, 0.2) is 18.2 Å². The van der Waals surface area contributed by atoms with E-state index in [4.69, 9.17) is 11.6 Å². The molecule has 1 aromatic carbocycles. The van der Waals surface area contributed by atoms with E-state index in [9.17, 15) is 14.0 Å². The van der Waals surface area contributed by atoms with E-state index < -0.39 is 5.82 Å². The van der Waals surface area contributed by atoms with Gasteiger partial charge in [-0.05, 0) is 31.0 Å². The van der Waals surface area contributed by atoms with Crippen molar-refractivity contribution >= 4 is 23.4 Å². The fraction of sp³-hybridized carbons (Fsp3) is 0.579. The molecule has 0 radical (unpaired) electrons. The second-order valence-corrected chi connectivity index (χ2v) is 7.39. The second-order valence-electron chi connectivity index (χ2n) is 6.99. The number of carbonyl (C=O) groups excluding carboxylic acids is 2. The van der Waals surface area contributed by atoms with Gasteiger partial charge < -0.3 is 9.80 Å². The minimum Gasteiger partial charge on any atom is -0.342 e. The molecular formula is C19H25ClFN3O2. The number of halogens is 2. The molecule has 0 aromatic heterocycles. The van der Waals surface area contributed by atoms with Crippen LogP contribution in [0.5, 0.6) is 0 Å². The molecule has 5 nitrogen and oxygen atoms in total. The molecular weight excluding hydrogens is 357 g/mol. The highest BCUT2D eigenvalue weighted by Crippen LogP contribution is 2.20. The van der Waals surface area contributed by atoms with E-state index in [1.165, 1.54) is 25.0 Å². The number of carbonyl (C=O) groups is 2. The van der Waals surface area contributed by atoms with E-state index in [0.29, 0.717) is 38.3 Å². The molecule has 0 spiro atoms. The molecule has 0 atom stereocenters. The maximum atomic E-state index is 13.2. The highest BCUT2D eigenvalue weighted by atomic mass is 35.5. The highest BCUT2D eigenvalue weighted by Gasteiger charge is 2.26. The van der Waals surface area contributed by atoms with Crippen molar-refractivity contribution in [1.29, 1.82) is 0 Å². The number of amides is 2. The van der Waals surface area contributed by atoms with Gasteiger partial charge in [0.1, 0.15) is 5.82 Å². The van der Waals surface area contributed by atoms with Crippen LogP contribution in [0.3, 0.4) is 0 Å². The van der Waals surface area contributed by atoms with E-state index in [-0.39, 0.29) is 16.8 Å². The predicted octanol–water partition coefficient (Wildman–Crippen LogP) is 2.64. The van der Waals surface area contributed by atoms with Crippen molar-refractivity contribution in [3.63, 3.8) is 0 Å². The maximum Gasteiger partial charge on any atom is 0.255 e. The van der Waals surface area contributed by atoms with Crippen molar-refractivity contribution in [3.8, 4) is 0 Å². The van der Waals surface area contributed by atoms with Crippen molar-refractivity contribution in [3.05, 3.63) is 34.6 Å². The predicted molar refractivity (Wildman–Crippen MR) is 98.8 cm³/mol. The zero-order chi connectivity index (χ0) is 18.5. The number of likely N-dealkylation sites (tertiary alicyclic amines) is 1. The molecule has 2 aliphatic heterocycles. The number of hydrogen-bond donors (Lipinski definition) is 0. The third-order valence-corrected chi connectivity index (χ3v) is 5.45. The molecule has 2 fully saturated rings. The molecule has 2 aliphatic rings. The molecule has 0 unspecified atom stereocenters. The average Bonchev–Trinajstić information content (AvgIpc) is 2.91. The highest BCUT2D eigenvalue weighted by molar-refractivity contribution is 6.33. The average molecular weight is 382 g/mol. The topological polar surface area (TPSA) is 43.9 Å². The van der Waals surface area contributed by atoms with E-state index >= 15 is 0 Å². The van der Waals surface area contributed by atoms with Crippen molar-refractivity contribution in [1.82, 2.24) is 14.7 Å². The van der Waals surface area contributed by atoms with Crippen LogP contribution >= 0.6 is 11.6 Å². The summed E-state index contributed by atoms with van der Waals surface area (Å²) in [5, 5.41) is 0.133.